The first-order valence-electron chi connectivity index (χ1n) is 7.28. The lowest BCUT2D eigenvalue weighted by molar-refractivity contribution is 0.110. The zero-order chi connectivity index (χ0) is 14.7. The van der Waals surface area contributed by atoms with Gasteiger partial charge in [0.25, 0.3) is 5.56 Å². The highest BCUT2D eigenvalue weighted by Crippen LogP contribution is 2.18. The van der Waals surface area contributed by atoms with E-state index in [1.165, 1.54) is 0 Å². The number of rotatable bonds is 5. The first kappa shape index (κ1) is 14.1. The van der Waals surface area contributed by atoms with Crippen LogP contribution in [0, 0.1) is 0 Å². The monoisotopic (exact) mass is 288 g/mol. The summed E-state index contributed by atoms with van der Waals surface area (Å²) in [6, 6.07) is 7.54. The second kappa shape index (κ2) is 6.28. The number of methoxy groups -OCH3 is 1. The molecule has 1 aromatic carbocycles. The van der Waals surface area contributed by atoms with Crippen LogP contribution in [-0.2, 0) is 11.3 Å². The molecule has 5 heteroatoms. The number of H-pyrrole nitrogens is 1. The fourth-order valence-corrected chi connectivity index (χ4v) is 2.66. The fraction of sp³-hybridized carbons (Fsp3) is 0.438. The lowest BCUT2D eigenvalue weighted by Crippen LogP contribution is -2.28. The number of hydrogen-bond acceptors (Lipinski definition) is 4. The molecule has 5 nitrogen and oxygen atoms in total. The van der Waals surface area contributed by atoms with Gasteiger partial charge in [-0.15, -0.1) is 0 Å². The van der Waals surface area contributed by atoms with E-state index >= 15 is 0 Å². The summed E-state index contributed by atoms with van der Waals surface area (Å²) in [6.45, 7) is 2.18. The predicted molar refractivity (Wildman–Crippen MR) is 81.8 cm³/mol. The van der Waals surface area contributed by atoms with Crippen molar-refractivity contribution in [3.63, 3.8) is 0 Å². The minimum atomic E-state index is -0.0486. The Morgan fingerprint density at radius 3 is 3.10 bits per heavy atom. The third-order valence-corrected chi connectivity index (χ3v) is 3.84. The van der Waals surface area contributed by atoms with Crippen LogP contribution in [0.4, 0.5) is 0 Å². The predicted octanol–water partition coefficient (Wildman–Crippen LogP) is 1.81. The van der Waals surface area contributed by atoms with Gasteiger partial charge in [-0.1, -0.05) is 0 Å². The van der Waals surface area contributed by atoms with Crippen molar-refractivity contribution in [2.24, 2.45) is 0 Å². The van der Waals surface area contributed by atoms with Crippen LogP contribution in [0.15, 0.2) is 29.1 Å². The summed E-state index contributed by atoms with van der Waals surface area (Å²) in [7, 11) is 1.64. The van der Waals surface area contributed by atoms with Gasteiger partial charge in [-0.05, 0) is 37.1 Å². The molecular weight excluding hydrogens is 268 g/mol. The smallest absolute Gasteiger partial charge is 0.252 e. The van der Waals surface area contributed by atoms with Crippen molar-refractivity contribution >= 4 is 10.9 Å². The number of aromatic amines is 1. The maximum atomic E-state index is 12.1. The van der Waals surface area contributed by atoms with Gasteiger partial charge in [0.2, 0.25) is 0 Å². The van der Waals surface area contributed by atoms with Gasteiger partial charge in [0.15, 0.2) is 0 Å². The highest BCUT2D eigenvalue weighted by Gasteiger charge is 2.14. The van der Waals surface area contributed by atoms with E-state index in [0.717, 1.165) is 48.2 Å². The molecule has 0 amide bonds. The van der Waals surface area contributed by atoms with E-state index < -0.39 is 0 Å². The molecule has 0 saturated carbocycles. The standard InChI is InChI=1S/C16H20N2O3/c1-20-13-4-5-15-11(8-13)7-12(16(19)18-15)9-17-10-14-3-2-6-21-14/h4-5,7-8,14,17H,2-3,6,9-10H2,1H3,(H,18,19). The van der Waals surface area contributed by atoms with Crippen LogP contribution >= 0.6 is 0 Å². The van der Waals surface area contributed by atoms with Crippen molar-refractivity contribution in [3.05, 3.63) is 40.2 Å². The van der Waals surface area contributed by atoms with E-state index in [0.29, 0.717) is 6.54 Å². The van der Waals surface area contributed by atoms with E-state index in [2.05, 4.69) is 10.3 Å². The molecule has 1 aliphatic heterocycles. The number of nitrogens with one attached hydrogen (secondary N) is 2. The lowest BCUT2D eigenvalue weighted by Gasteiger charge is -2.11. The Kier molecular flexibility index (Phi) is 4.22. The normalized spacial score (nSPS) is 18.2. The number of benzene rings is 1. The molecule has 21 heavy (non-hydrogen) atoms. The molecule has 0 aliphatic carbocycles. The highest BCUT2D eigenvalue weighted by molar-refractivity contribution is 5.80. The number of aromatic nitrogens is 1. The zero-order valence-electron chi connectivity index (χ0n) is 12.1. The second-order valence-corrected chi connectivity index (χ2v) is 5.34. The maximum Gasteiger partial charge on any atom is 0.252 e. The van der Waals surface area contributed by atoms with Gasteiger partial charge in [-0.25, -0.2) is 0 Å². The minimum Gasteiger partial charge on any atom is -0.497 e. The highest BCUT2D eigenvalue weighted by atomic mass is 16.5. The van der Waals surface area contributed by atoms with E-state index in [-0.39, 0.29) is 11.7 Å². The molecule has 2 aromatic rings. The van der Waals surface area contributed by atoms with Crippen LogP contribution in [0.2, 0.25) is 0 Å². The van der Waals surface area contributed by atoms with Gasteiger partial charge >= 0.3 is 0 Å². The fourth-order valence-electron chi connectivity index (χ4n) is 2.66. The van der Waals surface area contributed by atoms with Crippen molar-refractivity contribution in [2.45, 2.75) is 25.5 Å². The quantitative estimate of drug-likeness (QED) is 0.880. The summed E-state index contributed by atoms with van der Waals surface area (Å²) >= 11 is 0. The molecule has 1 aromatic heterocycles. The van der Waals surface area contributed by atoms with Gasteiger partial charge in [0, 0.05) is 36.2 Å². The summed E-state index contributed by atoms with van der Waals surface area (Å²) in [5.41, 5.74) is 1.50. The second-order valence-electron chi connectivity index (χ2n) is 5.34. The van der Waals surface area contributed by atoms with E-state index in [4.69, 9.17) is 9.47 Å². The van der Waals surface area contributed by atoms with Gasteiger partial charge in [-0.3, -0.25) is 4.79 Å². The average Bonchev–Trinajstić information content (AvgIpc) is 3.00. The molecule has 0 bridgehead atoms. The molecule has 2 N–H and O–H groups in total. The first-order valence-corrected chi connectivity index (χ1v) is 7.28. The molecule has 1 saturated heterocycles. The van der Waals surface area contributed by atoms with Crippen LogP contribution in [-0.4, -0.2) is 31.3 Å². The largest absolute Gasteiger partial charge is 0.497 e. The van der Waals surface area contributed by atoms with E-state index in [9.17, 15) is 4.79 Å². The van der Waals surface area contributed by atoms with E-state index in [1.807, 2.05) is 24.3 Å². The van der Waals surface area contributed by atoms with Crippen LogP contribution < -0.4 is 15.6 Å². The number of fused-ring (bicyclic) bond motifs is 1. The molecule has 0 radical (unpaired) electrons. The van der Waals surface area contributed by atoms with Crippen molar-refractivity contribution in [2.75, 3.05) is 20.3 Å². The van der Waals surface area contributed by atoms with Gasteiger partial charge in [0.05, 0.1) is 13.2 Å². The summed E-state index contributed by atoms with van der Waals surface area (Å²) in [5, 5.41) is 4.28. The molecule has 112 valence electrons. The minimum absolute atomic E-state index is 0.0486. The number of pyridine rings is 1. The summed E-state index contributed by atoms with van der Waals surface area (Å²) in [6.07, 6.45) is 2.51. The van der Waals surface area contributed by atoms with Crippen LogP contribution in [0.1, 0.15) is 18.4 Å². The van der Waals surface area contributed by atoms with Crippen molar-refractivity contribution in [1.82, 2.24) is 10.3 Å². The van der Waals surface area contributed by atoms with Crippen molar-refractivity contribution in [3.8, 4) is 5.75 Å². The van der Waals surface area contributed by atoms with Gasteiger partial charge < -0.3 is 19.8 Å². The Bertz CT molecular complexity index is 675. The topological polar surface area (TPSA) is 63.4 Å². The van der Waals surface area contributed by atoms with Gasteiger partial charge in [0.1, 0.15) is 5.75 Å². The zero-order valence-corrected chi connectivity index (χ0v) is 12.1. The summed E-state index contributed by atoms with van der Waals surface area (Å²) in [5.74, 6) is 0.785. The van der Waals surface area contributed by atoms with Crippen LogP contribution in [0.25, 0.3) is 10.9 Å². The summed E-state index contributed by atoms with van der Waals surface area (Å²) < 4.78 is 10.8. The van der Waals surface area contributed by atoms with E-state index in [1.54, 1.807) is 7.11 Å². The lowest BCUT2D eigenvalue weighted by atomic mass is 10.1. The molecule has 1 atom stereocenters. The molecule has 0 spiro atoms. The molecule has 1 aliphatic rings. The SMILES string of the molecule is COc1ccc2[nH]c(=O)c(CNCC3CCCO3)cc2c1. The van der Waals surface area contributed by atoms with Gasteiger partial charge in [-0.2, -0.15) is 0 Å². The Hall–Kier alpha value is -1.85. The molecule has 1 fully saturated rings. The maximum absolute atomic E-state index is 12.1. The Morgan fingerprint density at radius 2 is 2.33 bits per heavy atom. The third-order valence-electron chi connectivity index (χ3n) is 3.84. The third kappa shape index (κ3) is 3.25. The number of ether oxygens (including phenoxy) is 2. The van der Waals surface area contributed by atoms with Crippen LogP contribution in [0.3, 0.4) is 0 Å². The molecule has 3 rings (SSSR count). The first-order chi connectivity index (χ1) is 10.3. The Balaban J connectivity index is 1.74. The average molecular weight is 288 g/mol. The van der Waals surface area contributed by atoms with Crippen molar-refractivity contribution < 1.29 is 9.47 Å². The molecule has 1 unspecified atom stereocenters. The molecular formula is C16H20N2O3. The molecule has 2 heterocycles. The number of hydrogen-bond donors (Lipinski definition) is 2. The van der Waals surface area contributed by atoms with Crippen molar-refractivity contribution in [1.29, 1.82) is 0 Å². The Morgan fingerprint density at radius 1 is 1.43 bits per heavy atom. The van der Waals surface area contributed by atoms with Crippen LogP contribution in [0.5, 0.6) is 5.75 Å². The summed E-state index contributed by atoms with van der Waals surface area (Å²) in [4.78, 5) is 15.0. The Labute approximate surface area is 123 Å².